The number of carbonyl (C=O) groups excluding carboxylic acids is 1. The van der Waals surface area contributed by atoms with Crippen molar-refractivity contribution in [1.29, 1.82) is 0 Å². The highest BCUT2D eigenvalue weighted by Gasteiger charge is 2.29. The van der Waals surface area contributed by atoms with Gasteiger partial charge in [0.1, 0.15) is 0 Å². The number of carboxylic acid groups (broad SMARTS) is 1. The zero-order chi connectivity index (χ0) is 14.6. The summed E-state index contributed by atoms with van der Waals surface area (Å²) in [6.07, 6.45) is 0.127. The number of aliphatic hydroxyl groups is 1. The highest BCUT2D eigenvalue weighted by Crippen LogP contribution is 2.26. The third kappa shape index (κ3) is 7.27. The molecule has 0 unspecified atom stereocenters. The van der Waals surface area contributed by atoms with Crippen molar-refractivity contribution in [2.75, 3.05) is 13.1 Å². The molecule has 0 aliphatic rings. The van der Waals surface area contributed by atoms with E-state index in [4.69, 9.17) is 5.11 Å². The van der Waals surface area contributed by atoms with Gasteiger partial charge in [0.05, 0.1) is 12.0 Å². The topological polar surface area (TPSA) is 77.8 Å². The molecule has 0 aliphatic carbocycles. The van der Waals surface area contributed by atoms with Gasteiger partial charge in [0.15, 0.2) is 0 Å². The molecule has 0 spiro atoms. The quantitative estimate of drug-likeness (QED) is 0.726. The van der Waals surface area contributed by atoms with Gasteiger partial charge in [-0.05, 0) is 26.2 Å². The summed E-state index contributed by atoms with van der Waals surface area (Å²) >= 11 is 0. The SMILES string of the molecule is CCN(CC(C)(C)O)C(=O)CC(C)(C)CC(=O)O. The van der Waals surface area contributed by atoms with E-state index in [2.05, 4.69) is 0 Å². The number of likely N-dealkylation sites (N-methyl/N-ethyl adjacent to an activating group) is 1. The predicted octanol–water partition coefficient (Wildman–Crippen LogP) is 1.50. The Labute approximate surface area is 109 Å². The van der Waals surface area contributed by atoms with Crippen LogP contribution in [0.5, 0.6) is 0 Å². The van der Waals surface area contributed by atoms with E-state index in [0.717, 1.165) is 0 Å². The van der Waals surface area contributed by atoms with Crippen LogP contribution in [0.2, 0.25) is 0 Å². The molecule has 0 aromatic rings. The van der Waals surface area contributed by atoms with Crippen molar-refractivity contribution >= 4 is 11.9 Å². The Morgan fingerprint density at radius 3 is 1.94 bits per heavy atom. The van der Waals surface area contributed by atoms with E-state index in [1.807, 2.05) is 6.92 Å². The average Bonchev–Trinajstić information content (AvgIpc) is 2.09. The van der Waals surface area contributed by atoms with E-state index < -0.39 is 17.0 Å². The Bertz CT molecular complexity index is 305. The van der Waals surface area contributed by atoms with Crippen molar-refractivity contribution in [2.24, 2.45) is 5.41 Å². The van der Waals surface area contributed by atoms with Crippen LogP contribution in [0.1, 0.15) is 47.5 Å². The van der Waals surface area contributed by atoms with Crippen LogP contribution >= 0.6 is 0 Å². The number of hydrogen-bond acceptors (Lipinski definition) is 3. The molecule has 0 fully saturated rings. The highest BCUT2D eigenvalue weighted by atomic mass is 16.4. The zero-order valence-corrected chi connectivity index (χ0v) is 12.0. The van der Waals surface area contributed by atoms with Gasteiger partial charge in [-0.25, -0.2) is 0 Å². The predicted molar refractivity (Wildman–Crippen MR) is 69.2 cm³/mol. The molecule has 5 nitrogen and oxygen atoms in total. The van der Waals surface area contributed by atoms with Crippen LogP contribution in [0.3, 0.4) is 0 Å². The van der Waals surface area contributed by atoms with Gasteiger partial charge in [0.2, 0.25) is 5.91 Å². The number of aliphatic carboxylic acids is 1. The molecule has 18 heavy (non-hydrogen) atoms. The Morgan fingerprint density at radius 2 is 1.61 bits per heavy atom. The molecule has 106 valence electrons. The van der Waals surface area contributed by atoms with E-state index in [9.17, 15) is 14.7 Å². The van der Waals surface area contributed by atoms with Gasteiger partial charge in [-0.1, -0.05) is 13.8 Å². The summed E-state index contributed by atoms with van der Waals surface area (Å²) in [5.74, 6) is -1.02. The fraction of sp³-hybridized carbons (Fsp3) is 0.846. The lowest BCUT2D eigenvalue weighted by atomic mass is 9.85. The average molecular weight is 259 g/mol. The maximum absolute atomic E-state index is 12.1. The smallest absolute Gasteiger partial charge is 0.303 e. The summed E-state index contributed by atoms with van der Waals surface area (Å²) in [5.41, 5.74) is -1.52. The molecular weight excluding hydrogens is 234 g/mol. The van der Waals surface area contributed by atoms with Crippen LogP contribution in [0.25, 0.3) is 0 Å². The standard InChI is InChI=1S/C13H25NO4/c1-6-14(9-13(4,5)18)10(15)7-12(2,3)8-11(16)17/h18H,6-9H2,1-5H3,(H,16,17). The molecule has 0 aromatic heterocycles. The van der Waals surface area contributed by atoms with Crippen molar-refractivity contribution in [3.63, 3.8) is 0 Å². The first-order chi connectivity index (χ1) is 7.97. The van der Waals surface area contributed by atoms with Gasteiger partial charge < -0.3 is 15.1 Å². The Morgan fingerprint density at radius 1 is 1.11 bits per heavy atom. The van der Waals surface area contributed by atoms with E-state index in [1.54, 1.807) is 32.6 Å². The molecule has 2 N–H and O–H groups in total. The molecule has 0 atom stereocenters. The van der Waals surface area contributed by atoms with E-state index in [1.165, 1.54) is 0 Å². The minimum Gasteiger partial charge on any atom is -0.481 e. The molecule has 0 aliphatic heterocycles. The molecule has 0 rings (SSSR count). The van der Waals surface area contributed by atoms with Crippen molar-refractivity contribution < 1.29 is 19.8 Å². The fourth-order valence-corrected chi connectivity index (χ4v) is 1.84. The van der Waals surface area contributed by atoms with E-state index >= 15 is 0 Å². The van der Waals surface area contributed by atoms with E-state index in [-0.39, 0.29) is 25.3 Å². The molecule has 0 radical (unpaired) electrons. The van der Waals surface area contributed by atoms with Crippen LogP contribution in [-0.2, 0) is 9.59 Å². The zero-order valence-electron chi connectivity index (χ0n) is 12.0. The first-order valence-electron chi connectivity index (χ1n) is 6.19. The van der Waals surface area contributed by atoms with Crippen LogP contribution in [0.4, 0.5) is 0 Å². The Balaban J connectivity index is 4.57. The van der Waals surface area contributed by atoms with Crippen LogP contribution < -0.4 is 0 Å². The summed E-state index contributed by atoms with van der Waals surface area (Å²) < 4.78 is 0. The molecule has 5 heteroatoms. The van der Waals surface area contributed by atoms with Gasteiger partial charge in [-0.3, -0.25) is 9.59 Å². The molecule has 0 saturated carbocycles. The maximum Gasteiger partial charge on any atom is 0.303 e. The lowest BCUT2D eigenvalue weighted by Gasteiger charge is -2.31. The van der Waals surface area contributed by atoms with Crippen molar-refractivity contribution in [3.05, 3.63) is 0 Å². The Hall–Kier alpha value is -1.10. The molecule has 0 saturated heterocycles. The summed E-state index contributed by atoms with van der Waals surface area (Å²) in [6, 6.07) is 0. The van der Waals surface area contributed by atoms with E-state index in [0.29, 0.717) is 6.54 Å². The molecule has 0 heterocycles. The number of nitrogens with zero attached hydrogens (tertiary/aromatic N) is 1. The second kappa shape index (κ2) is 6.18. The number of rotatable bonds is 7. The third-order valence-corrected chi connectivity index (χ3v) is 2.57. The van der Waals surface area contributed by atoms with Crippen LogP contribution in [0.15, 0.2) is 0 Å². The fourth-order valence-electron chi connectivity index (χ4n) is 1.84. The number of carboxylic acids is 1. The van der Waals surface area contributed by atoms with Crippen LogP contribution in [-0.4, -0.2) is 45.7 Å². The maximum atomic E-state index is 12.1. The lowest BCUT2D eigenvalue weighted by molar-refractivity contribution is -0.141. The summed E-state index contributed by atoms with van der Waals surface area (Å²) in [6.45, 7) is 9.41. The monoisotopic (exact) mass is 259 g/mol. The van der Waals surface area contributed by atoms with Gasteiger partial charge in [0, 0.05) is 19.5 Å². The lowest BCUT2D eigenvalue weighted by Crippen LogP contribution is -2.43. The van der Waals surface area contributed by atoms with Crippen molar-refractivity contribution in [3.8, 4) is 0 Å². The summed E-state index contributed by atoms with van der Waals surface area (Å²) in [7, 11) is 0. The van der Waals surface area contributed by atoms with Crippen LogP contribution in [0, 0.1) is 5.41 Å². The van der Waals surface area contributed by atoms with Gasteiger partial charge in [-0.15, -0.1) is 0 Å². The second-order valence-electron chi connectivity index (χ2n) is 6.13. The first-order valence-corrected chi connectivity index (χ1v) is 6.19. The van der Waals surface area contributed by atoms with Gasteiger partial charge in [0.25, 0.3) is 0 Å². The number of hydrogen-bond donors (Lipinski definition) is 2. The van der Waals surface area contributed by atoms with Gasteiger partial charge in [-0.2, -0.15) is 0 Å². The number of amides is 1. The third-order valence-electron chi connectivity index (χ3n) is 2.57. The first kappa shape index (κ1) is 16.9. The molecule has 1 amide bonds. The minimum absolute atomic E-state index is 0.0428. The largest absolute Gasteiger partial charge is 0.481 e. The molecule has 0 bridgehead atoms. The van der Waals surface area contributed by atoms with Gasteiger partial charge >= 0.3 is 5.97 Å². The normalized spacial score (nSPS) is 12.3. The summed E-state index contributed by atoms with van der Waals surface area (Å²) in [5, 5.41) is 18.5. The molecular formula is C13H25NO4. The number of carbonyl (C=O) groups is 2. The molecule has 0 aromatic carbocycles. The van der Waals surface area contributed by atoms with Crippen molar-refractivity contribution in [2.45, 2.75) is 53.1 Å². The minimum atomic E-state index is -0.942. The summed E-state index contributed by atoms with van der Waals surface area (Å²) in [4.78, 5) is 24.3. The second-order valence-corrected chi connectivity index (χ2v) is 6.13. The van der Waals surface area contributed by atoms with Crippen molar-refractivity contribution in [1.82, 2.24) is 4.90 Å². The highest BCUT2D eigenvalue weighted by molar-refractivity contribution is 5.78. The Kier molecular flexibility index (Phi) is 5.80.